The molecular weight excluding hydrogens is 220 g/mol. The van der Waals surface area contributed by atoms with Crippen molar-refractivity contribution in [1.82, 2.24) is 5.32 Å². The van der Waals surface area contributed by atoms with E-state index in [0.29, 0.717) is 5.69 Å². The summed E-state index contributed by atoms with van der Waals surface area (Å²) in [5, 5.41) is 13.3. The highest BCUT2D eigenvalue weighted by molar-refractivity contribution is 6.39. The number of hydrogen-bond donors (Lipinski definition) is 3. The molecule has 1 rings (SSSR count). The van der Waals surface area contributed by atoms with Gasteiger partial charge in [-0.2, -0.15) is 0 Å². The largest absolute Gasteiger partial charge is 0.395 e. The lowest BCUT2D eigenvalue weighted by atomic mass is 10.1. The molecule has 0 spiro atoms. The highest BCUT2D eigenvalue weighted by Crippen LogP contribution is 2.13. The second kappa shape index (κ2) is 6.00. The van der Waals surface area contributed by atoms with E-state index in [1.807, 2.05) is 19.9 Å². The number of aliphatic hydroxyl groups excluding tert-OH is 1. The fourth-order valence-electron chi connectivity index (χ4n) is 1.48. The van der Waals surface area contributed by atoms with Crippen molar-refractivity contribution in [1.29, 1.82) is 0 Å². The molecule has 0 radical (unpaired) electrons. The molecule has 0 aromatic heterocycles. The first-order valence-corrected chi connectivity index (χ1v) is 5.31. The summed E-state index contributed by atoms with van der Waals surface area (Å²) in [5.74, 6) is -1.48. The first-order valence-electron chi connectivity index (χ1n) is 5.31. The number of aryl methyl sites for hydroxylation is 2. The smallest absolute Gasteiger partial charge is 0.313 e. The van der Waals surface area contributed by atoms with Gasteiger partial charge in [0.1, 0.15) is 0 Å². The van der Waals surface area contributed by atoms with Crippen molar-refractivity contribution < 1.29 is 14.7 Å². The molecule has 5 heteroatoms. The van der Waals surface area contributed by atoms with Gasteiger partial charge in [0.15, 0.2) is 0 Å². The highest BCUT2D eigenvalue weighted by atomic mass is 16.3. The van der Waals surface area contributed by atoms with Crippen molar-refractivity contribution in [2.75, 3.05) is 18.5 Å². The number of carbonyl (C=O) groups excluding carboxylic acids is 2. The normalized spacial score (nSPS) is 9.82. The van der Waals surface area contributed by atoms with Crippen molar-refractivity contribution >= 4 is 17.5 Å². The number of aliphatic hydroxyl groups is 1. The standard InChI is InChI=1S/C12H16N2O3/c1-8-5-9(2)7-10(6-8)14-12(17)11(16)13-3-4-15/h5-7,15H,3-4H2,1-2H3,(H,13,16)(H,14,17). The minimum atomic E-state index is -0.752. The van der Waals surface area contributed by atoms with Crippen LogP contribution in [-0.4, -0.2) is 30.1 Å². The van der Waals surface area contributed by atoms with Crippen molar-refractivity contribution in [3.63, 3.8) is 0 Å². The summed E-state index contributed by atoms with van der Waals surface area (Å²) < 4.78 is 0. The third-order valence-electron chi connectivity index (χ3n) is 2.08. The molecule has 0 saturated carbocycles. The molecule has 92 valence electrons. The monoisotopic (exact) mass is 236 g/mol. The first-order chi connectivity index (χ1) is 8.02. The molecule has 0 fully saturated rings. The van der Waals surface area contributed by atoms with E-state index in [1.165, 1.54) is 0 Å². The predicted molar refractivity (Wildman–Crippen MR) is 64.6 cm³/mol. The molecule has 0 bridgehead atoms. The van der Waals surface area contributed by atoms with Gasteiger partial charge in [-0.1, -0.05) is 6.07 Å². The van der Waals surface area contributed by atoms with Gasteiger partial charge in [0.25, 0.3) is 0 Å². The summed E-state index contributed by atoms with van der Waals surface area (Å²) in [6.07, 6.45) is 0. The molecule has 1 aromatic rings. The number of carbonyl (C=O) groups is 2. The van der Waals surface area contributed by atoms with E-state index >= 15 is 0 Å². The molecule has 2 amide bonds. The summed E-state index contributed by atoms with van der Waals surface area (Å²) >= 11 is 0. The van der Waals surface area contributed by atoms with Crippen molar-refractivity contribution in [2.45, 2.75) is 13.8 Å². The van der Waals surface area contributed by atoms with Gasteiger partial charge in [0, 0.05) is 12.2 Å². The van der Waals surface area contributed by atoms with Gasteiger partial charge in [-0.25, -0.2) is 0 Å². The van der Waals surface area contributed by atoms with Crippen LogP contribution in [0, 0.1) is 13.8 Å². The van der Waals surface area contributed by atoms with E-state index in [0.717, 1.165) is 11.1 Å². The fourth-order valence-corrected chi connectivity index (χ4v) is 1.48. The zero-order valence-corrected chi connectivity index (χ0v) is 9.91. The molecule has 0 atom stereocenters. The Balaban J connectivity index is 2.64. The summed E-state index contributed by atoms with van der Waals surface area (Å²) in [6, 6.07) is 5.54. The van der Waals surface area contributed by atoms with E-state index in [-0.39, 0.29) is 13.2 Å². The minimum Gasteiger partial charge on any atom is -0.395 e. The predicted octanol–water partition coefficient (Wildman–Crippen LogP) is 0.350. The van der Waals surface area contributed by atoms with Crippen LogP contribution in [0.15, 0.2) is 18.2 Å². The molecule has 3 N–H and O–H groups in total. The minimum absolute atomic E-state index is 0.0686. The van der Waals surface area contributed by atoms with Crippen molar-refractivity contribution in [3.8, 4) is 0 Å². The van der Waals surface area contributed by atoms with E-state index in [4.69, 9.17) is 5.11 Å². The second-order valence-corrected chi connectivity index (χ2v) is 3.81. The van der Waals surface area contributed by atoms with Gasteiger partial charge in [0.2, 0.25) is 0 Å². The SMILES string of the molecule is Cc1cc(C)cc(NC(=O)C(=O)NCCO)c1. The number of benzene rings is 1. The molecule has 5 nitrogen and oxygen atoms in total. The Morgan fingerprint density at radius 3 is 2.24 bits per heavy atom. The molecule has 0 saturated heterocycles. The Kier molecular flexibility index (Phi) is 4.66. The molecule has 0 heterocycles. The summed E-state index contributed by atoms with van der Waals surface area (Å²) in [4.78, 5) is 22.7. The molecule has 0 aliphatic heterocycles. The molecule has 17 heavy (non-hydrogen) atoms. The second-order valence-electron chi connectivity index (χ2n) is 3.81. The van der Waals surface area contributed by atoms with E-state index in [9.17, 15) is 9.59 Å². The lowest BCUT2D eigenvalue weighted by molar-refractivity contribution is -0.136. The number of hydrogen-bond acceptors (Lipinski definition) is 3. The van der Waals surface area contributed by atoms with Crippen LogP contribution >= 0.6 is 0 Å². The van der Waals surface area contributed by atoms with Crippen LogP contribution in [0.5, 0.6) is 0 Å². The lowest BCUT2D eigenvalue weighted by Crippen LogP contribution is -2.36. The van der Waals surface area contributed by atoms with Crippen LogP contribution in [0.2, 0.25) is 0 Å². The van der Waals surface area contributed by atoms with Crippen LogP contribution < -0.4 is 10.6 Å². The maximum atomic E-state index is 11.4. The Morgan fingerprint density at radius 2 is 1.71 bits per heavy atom. The van der Waals surface area contributed by atoms with Gasteiger partial charge in [-0.3, -0.25) is 9.59 Å². The van der Waals surface area contributed by atoms with Crippen molar-refractivity contribution in [2.24, 2.45) is 0 Å². The zero-order chi connectivity index (χ0) is 12.8. The number of nitrogens with one attached hydrogen (secondary N) is 2. The van der Waals surface area contributed by atoms with Crippen LogP contribution in [0.1, 0.15) is 11.1 Å². The molecule has 1 aromatic carbocycles. The van der Waals surface area contributed by atoms with Gasteiger partial charge in [0.05, 0.1) is 6.61 Å². The van der Waals surface area contributed by atoms with E-state index < -0.39 is 11.8 Å². The van der Waals surface area contributed by atoms with Crippen LogP contribution in [-0.2, 0) is 9.59 Å². The molecule has 0 aliphatic rings. The average molecular weight is 236 g/mol. The van der Waals surface area contributed by atoms with Gasteiger partial charge < -0.3 is 15.7 Å². The van der Waals surface area contributed by atoms with Crippen LogP contribution in [0.25, 0.3) is 0 Å². The number of amides is 2. The van der Waals surface area contributed by atoms with Gasteiger partial charge in [-0.05, 0) is 37.1 Å². The van der Waals surface area contributed by atoms with Gasteiger partial charge >= 0.3 is 11.8 Å². The maximum absolute atomic E-state index is 11.4. The van der Waals surface area contributed by atoms with Gasteiger partial charge in [-0.15, -0.1) is 0 Å². The van der Waals surface area contributed by atoms with Crippen LogP contribution in [0.4, 0.5) is 5.69 Å². The Labute approximate surface area is 99.8 Å². The number of rotatable bonds is 3. The highest BCUT2D eigenvalue weighted by Gasteiger charge is 2.12. The third-order valence-corrected chi connectivity index (χ3v) is 2.08. The Bertz CT molecular complexity index is 410. The van der Waals surface area contributed by atoms with Crippen LogP contribution in [0.3, 0.4) is 0 Å². The lowest BCUT2D eigenvalue weighted by Gasteiger charge is -2.07. The molecule has 0 aliphatic carbocycles. The fraction of sp³-hybridized carbons (Fsp3) is 0.333. The summed E-state index contributed by atoms with van der Waals surface area (Å²) in [6.45, 7) is 3.70. The molecule has 0 unspecified atom stereocenters. The molecular formula is C12H16N2O3. The topological polar surface area (TPSA) is 78.4 Å². The Morgan fingerprint density at radius 1 is 1.12 bits per heavy atom. The Hall–Kier alpha value is -1.88. The van der Waals surface area contributed by atoms with E-state index in [2.05, 4.69) is 10.6 Å². The summed E-state index contributed by atoms with van der Waals surface area (Å²) in [5.41, 5.74) is 2.61. The average Bonchev–Trinajstić information content (AvgIpc) is 2.24. The third kappa shape index (κ3) is 4.24. The van der Waals surface area contributed by atoms with Crippen molar-refractivity contribution in [3.05, 3.63) is 29.3 Å². The summed E-state index contributed by atoms with van der Waals surface area (Å²) in [7, 11) is 0. The quantitative estimate of drug-likeness (QED) is 0.663. The zero-order valence-electron chi connectivity index (χ0n) is 9.91. The van der Waals surface area contributed by atoms with E-state index in [1.54, 1.807) is 12.1 Å². The maximum Gasteiger partial charge on any atom is 0.313 e. The number of anilines is 1. The first kappa shape index (κ1) is 13.2.